The molecule has 3 aromatic carbocycles. The van der Waals surface area contributed by atoms with Crippen LogP contribution in [0.3, 0.4) is 0 Å². The molecule has 0 aliphatic carbocycles. The molecule has 1 aromatic heterocycles. The van der Waals surface area contributed by atoms with Crippen LogP contribution >= 0.6 is 27.7 Å². The molecule has 0 saturated heterocycles. The number of halogens is 2. The first-order chi connectivity index (χ1) is 17.8. The fraction of sp³-hybridized carbons (Fsp3) is 0.115. The highest BCUT2D eigenvalue weighted by Gasteiger charge is 2.17. The van der Waals surface area contributed by atoms with Crippen molar-refractivity contribution in [3.63, 3.8) is 0 Å². The molecule has 190 valence electrons. The zero-order valence-electron chi connectivity index (χ0n) is 19.6. The molecular weight excluding hydrogens is 567 g/mol. The fourth-order valence-electron chi connectivity index (χ4n) is 3.14. The van der Waals surface area contributed by atoms with Crippen LogP contribution in [0.25, 0.3) is 17.5 Å². The molecule has 0 fully saturated rings. The summed E-state index contributed by atoms with van der Waals surface area (Å²) in [5, 5.41) is 17.8. The van der Waals surface area contributed by atoms with Crippen LogP contribution in [0, 0.1) is 5.82 Å². The highest BCUT2D eigenvalue weighted by Crippen LogP contribution is 2.34. The highest BCUT2D eigenvalue weighted by atomic mass is 79.9. The largest absolute Gasteiger partial charge is 0.497 e. The number of thioether (sulfide) groups is 1. The van der Waals surface area contributed by atoms with Crippen LogP contribution in [-0.2, 0) is 11.4 Å². The molecule has 0 radical (unpaired) electrons. The average Bonchev–Trinajstić information content (AvgIpc) is 3.37. The Bertz CT molecular complexity index is 1420. The lowest BCUT2D eigenvalue weighted by Crippen LogP contribution is -1.98. The van der Waals surface area contributed by atoms with E-state index in [1.165, 1.54) is 32.4 Å². The number of carbonyl (C=O) groups is 1. The summed E-state index contributed by atoms with van der Waals surface area (Å²) in [6, 6.07) is 16.3. The van der Waals surface area contributed by atoms with Gasteiger partial charge in [-0.15, -0.1) is 10.2 Å². The number of aliphatic carboxylic acids is 1. The van der Waals surface area contributed by atoms with Gasteiger partial charge in [0.1, 0.15) is 34.6 Å². The zero-order valence-corrected chi connectivity index (χ0v) is 22.0. The lowest BCUT2D eigenvalue weighted by atomic mass is 10.2. The van der Waals surface area contributed by atoms with Crippen molar-refractivity contribution < 1.29 is 32.9 Å². The van der Waals surface area contributed by atoms with E-state index < -0.39 is 5.97 Å². The Morgan fingerprint density at radius 2 is 1.76 bits per heavy atom. The molecule has 0 saturated carbocycles. The summed E-state index contributed by atoms with van der Waals surface area (Å²) in [6.07, 6.45) is 1.49. The molecule has 4 rings (SSSR count). The standard InChI is InChI=1S/C26H20BrFN2O6S/c1-33-19-11-17(12-20(13-19)34-2)24-29-30-26(36-24)37-23(25(31)32)10-16-5-8-22(21(27)9-16)35-14-15-3-6-18(28)7-4-15/h3-13H,14H2,1-2H3,(H,31,32)/b23-10-. The molecule has 0 amide bonds. The number of benzene rings is 3. The van der Waals surface area contributed by atoms with Gasteiger partial charge < -0.3 is 23.7 Å². The van der Waals surface area contributed by atoms with Crippen molar-refractivity contribution in [2.75, 3.05) is 14.2 Å². The van der Waals surface area contributed by atoms with Gasteiger partial charge in [0.15, 0.2) is 0 Å². The van der Waals surface area contributed by atoms with Crippen molar-refractivity contribution in [3.05, 3.63) is 87.0 Å². The maximum absolute atomic E-state index is 13.1. The van der Waals surface area contributed by atoms with E-state index >= 15 is 0 Å². The lowest BCUT2D eigenvalue weighted by Gasteiger charge is -2.09. The van der Waals surface area contributed by atoms with Gasteiger partial charge in [-0.25, -0.2) is 9.18 Å². The minimum Gasteiger partial charge on any atom is -0.497 e. The molecule has 0 unspecified atom stereocenters. The van der Waals surface area contributed by atoms with Crippen molar-refractivity contribution in [2.24, 2.45) is 0 Å². The molecule has 0 aliphatic heterocycles. The Balaban J connectivity index is 1.49. The normalized spacial score (nSPS) is 11.3. The first-order valence-electron chi connectivity index (χ1n) is 10.7. The minimum atomic E-state index is -1.15. The van der Waals surface area contributed by atoms with Gasteiger partial charge >= 0.3 is 5.97 Å². The Morgan fingerprint density at radius 1 is 1.05 bits per heavy atom. The SMILES string of the molecule is COc1cc(OC)cc(-c2nnc(S/C(=C\c3ccc(OCc4ccc(F)cc4)c(Br)c3)C(=O)O)o2)c1. The zero-order chi connectivity index (χ0) is 26.4. The first kappa shape index (κ1) is 26.2. The Labute approximate surface area is 224 Å². The summed E-state index contributed by atoms with van der Waals surface area (Å²) >= 11 is 4.28. The second kappa shape index (κ2) is 11.9. The van der Waals surface area contributed by atoms with Crippen LogP contribution in [0.15, 0.2) is 79.7 Å². The molecule has 1 N–H and O–H groups in total. The molecule has 0 aliphatic rings. The summed E-state index contributed by atoms with van der Waals surface area (Å²) in [5.74, 6) is 0.370. The molecule has 37 heavy (non-hydrogen) atoms. The smallest absolute Gasteiger partial charge is 0.342 e. The number of hydrogen-bond acceptors (Lipinski definition) is 8. The summed E-state index contributed by atoms with van der Waals surface area (Å²) < 4.78 is 35.7. The second-order valence-corrected chi connectivity index (χ2v) is 9.34. The minimum absolute atomic E-state index is 0.0229. The number of rotatable bonds is 10. The van der Waals surface area contributed by atoms with Gasteiger partial charge in [-0.05, 0) is 81.3 Å². The lowest BCUT2D eigenvalue weighted by molar-refractivity contribution is -0.131. The topological polar surface area (TPSA) is 104 Å². The first-order valence-corrected chi connectivity index (χ1v) is 12.3. The third kappa shape index (κ3) is 6.89. The van der Waals surface area contributed by atoms with Crippen molar-refractivity contribution in [3.8, 4) is 28.7 Å². The summed E-state index contributed by atoms with van der Waals surface area (Å²) in [6.45, 7) is 0.253. The molecule has 11 heteroatoms. The molecule has 8 nitrogen and oxygen atoms in total. The molecule has 4 aromatic rings. The number of aromatic nitrogens is 2. The quantitative estimate of drug-likeness (QED) is 0.166. The van der Waals surface area contributed by atoms with E-state index in [0.29, 0.717) is 32.8 Å². The van der Waals surface area contributed by atoms with Crippen LogP contribution in [0.2, 0.25) is 0 Å². The third-order valence-electron chi connectivity index (χ3n) is 4.97. The predicted octanol–water partition coefficient (Wildman–Crippen LogP) is 6.45. The van der Waals surface area contributed by atoms with Gasteiger partial charge in [-0.3, -0.25) is 0 Å². The van der Waals surface area contributed by atoms with E-state index in [4.69, 9.17) is 18.6 Å². The Kier molecular flexibility index (Phi) is 8.47. The fourth-order valence-corrected chi connectivity index (χ4v) is 4.33. The monoisotopic (exact) mass is 586 g/mol. The number of ether oxygens (including phenoxy) is 3. The van der Waals surface area contributed by atoms with Crippen LogP contribution in [-0.4, -0.2) is 35.5 Å². The number of carboxylic acid groups (broad SMARTS) is 1. The maximum atomic E-state index is 13.1. The van der Waals surface area contributed by atoms with E-state index in [9.17, 15) is 14.3 Å². The van der Waals surface area contributed by atoms with Gasteiger partial charge in [-0.2, -0.15) is 0 Å². The van der Waals surface area contributed by atoms with E-state index in [1.807, 2.05) is 0 Å². The number of hydrogen-bond donors (Lipinski definition) is 1. The van der Waals surface area contributed by atoms with Crippen LogP contribution in [0.4, 0.5) is 4.39 Å². The van der Waals surface area contributed by atoms with Gasteiger partial charge in [0.2, 0.25) is 5.89 Å². The second-order valence-electron chi connectivity index (χ2n) is 7.50. The van der Waals surface area contributed by atoms with Gasteiger partial charge in [0, 0.05) is 11.6 Å². The maximum Gasteiger partial charge on any atom is 0.342 e. The van der Waals surface area contributed by atoms with E-state index in [-0.39, 0.29) is 28.4 Å². The molecular formula is C26H20BrFN2O6S. The molecule has 1 heterocycles. The van der Waals surface area contributed by atoms with Crippen LogP contribution < -0.4 is 14.2 Å². The van der Waals surface area contributed by atoms with Crippen molar-refractivity contribution in [1.29, 1.82) is 0 Å². The van der Waals surface area contributed by atoms with Crippen LogP contribution in [0.5, 0.6) is 17.2 Å². The van der Waals surface area contributed by atoms with Gasteiger partial charge in [0.25, 0.3) is 5.22 Å². The van der Waals surface area contributed by atoms with E-state index in [1.54, 1.807) is 48.5 Å². The van der Waals surface area contributed by atoms with E-state index in [0.717, 1.165) is 17.3 Å². The Hall–Kier alpha value is -3.83. The molecule has 0 atom stereocenters. The average molecular weight is 587 g/mol. The predicted molar refractivity (Wildman–Crippen MR) is 139 cm³/mol. The van der Waals surface area contributed by atoms with E-state index in [2.05, 4.69) is 26.1 Å². The van der Waals surface area contributed by atoms with Crippen LogP contribution in [0.1, 0.15) is 11.1 Å². The highest BCUT2D eigenvalue weighted by molar-refractivity contribution is 9.10. The number of methoxy groups -OCH3 is 2. The van der Waals surface area contributed by atoms with Crippen molar-refractivity contribution in [2.45, 2.75) is 11.8 Å². The summed E-state index contributed by atoms with van der Waals surface area (Å²) in [4.78, 5) is 11.9. The molecule has 0 spiro atoms. The summed E-state index contributed by atoms with van der Waals surface area (Å²) in [7, 11) is 3.06. The molecule has 0 bridgehead atoms. The van der Waals surface area contributed by atoms with Crippen molar-refractivity contribution >= 4 is 39.7 Å². The van der Waals surface area contributed by atoms with Gasteiger partial charge in [0.05, 0.1) is 18.7 Å². The van der Waals surface area contributed by atoms with Gasteiger partial charge in [-0.1, -0.05) is 18.2 Å². The third-order valence-corrected chi connectivity index (χ3v) is 6.45. The Morgan fingerprint density at radius 3 is 2.38 bits per heavy atom. The summed E-state index contributed by atoms with van der Waals surface area (Å²) in [5.41, 5.74) is 1.99. The number of carboxylic acids is 1. The van der Waals surface area contributed by atoms with Crippen molar-refractivity contribution in [1.82, 2.24) is 10.2 Å². The number of nitrogens with zero attached hydrogens (tertiary/aromatic N) is 2.